The van der Waals surface area contributed by atoms with E-state index in [-0.39, 0.29) is 5.78 Å². The van der Waals surface area contributed by atoms with Gasteiger partial charge in [0.2, 0.25) is 0 Å². The lowest BCUT2D eigenvalue weighted by atomic mass is 9.71. The van der Waals surface area contributed by atoms with E-state index in [0.717, 1.165) is 18.8 Å². The Morgan fingerprint density at radius 1 is 1.40 bits per heavy atom. The van der Waals surface area contributed by atoms with E-state index < -0.39 is 0 Å². The lowest BCUT2D eigenvalue weighted by Gasteiger charge is -2.38. The van der Waals surface area contributed by atoms with Gasteiger partial charge in [0.1, 0.15) is 5.78 Å². The monoisotopic (exact) mass is 212 g/mol. The Morgan fingerprint density at radius 3 is 2.60 bits per heavy atom. The summed E-state index contributed by atoms with van der Waals surface area (Å²) in [5.74, 6) is 0.967. The Hall–Kier alpha value is -0.370. The number of carbonyl (C=O) groups excluding carboxylic acids is 1. The number of hydrogen-bond acceptors (Lipinski definition) is 2. The molecule has 1 aliphatic carbocycles. The van der Waals surface area contributed by atoms with E-state index in [9.17, 15) is 4.79 Å². The molecule has 0 amide bonds. The van der Waals surface area contributed by atoms with Gasteiger partial charge in [-0.15, -0.1) is 0 Å². The van der Waals surface area contributed by atoms with E-state index in [1.165, 1.54) is 6.42 Å². The lowest BCUT2D eigenvalue weighted by Crippen LogP contribution is -2.32. The number of hydrogen-bond donors (Lipinski definition) is 0. The Balaban J connectivity index is 2.32. The van der Waals surface area contributed by atoms with Gasteiger partial charge in [0, 0.05) is 6.42 Å². The van der Waals surface area contributed by atoms with Crippen LogP contribution in [0.2, 0.25) is 0 Å². The van der Waals surface area contributed by atoms with Crippen LogP contribution in [0.25, 0.3) is 0 Å². The molecule has 0 saturated heterocycles. The fourth-order valence-corrected chi connectivity index (χ4v) is 2.75. The normalized spacial score (nSPS) is 30.1. The van der Waals surface area contributed by atoms with Crippen LogP contribution in [0, 0.1) is 11.3 Å². The molecule has 1 aliphatic rings. The summed E-state index contributed by atoms with van der Waals surface area (Å²) >= 11 is 0. The molecule has 2 atom stereocenters. The van der Waals surface area contributed by atoms with Crippen LogP contribution in [-0.4, -0.2) is 18.5 Å². The first-order chi connectivity index (χ1) is 6.89. The quantitative estimate of drug-likeness (QED) is 0.715. The molecule has 0 heterocycles. The molecule has 0 spiro atoms. The SMILES string of the molecule is CC(=O)CCOC1CC(C)CC(C)(C)C1. The van der Waals surface area contributed by atoms with Crippen molar-refractivity contribution < 1.29 is 9.53 Å². The molecule has 15 heavy (non-hydrogen) atoms. The van der Waals surface area contributed by atoms with Crippen LogP contribution in [0.15, 0.2) is 0 Å². The average Bonchev–Trinajstić information content (AvgIpc) is 1.98. The highest BCUT2D eigenvalue weighted by molar-refractivity contribution is 5.75. The lowest BCUT2D eigenvalue weighted by molar-refractivity contribution is -0.119. The van der Waals surface area contributed by atoms with Gasteiger partial charge in [0.05, 0.1) is 12.7 Å². The van der Waals surface area contributed by atoms with Gasteiger partial charge in [0.15, 0.2) is 0 Å². The Bertz CT molecular complexity index is 221. The van der Waals surface area contributed by atoms with Gasteiger partial charge < -0.3 is 4.74 Å². The zero-order valence-corrected chi connectivity index (χ0v) is 10.5. The van der Waals surface area contributed by atoms with Gasteiger partial charge >= 0.3 is 0 Å². The van der Waals surface area contributed by atoms with Crippen molar-refractivity contribution in [3.63, 3.8) is 0 Å². The minimum Gasteiger partial charge on any atom is -0.378 e. The van der Waals surface area contributed by atoms with E-state index in [1.54, 1.807) is 6.92 Å². The van der Waals surface area contributed by atoms with Gasteiger partial charge in [0.25, 0.3) is 0 Å². The molecule has 0 aromatic rings. The van der Waals surface area contributed by atoms with Crippen molar-refractivity contribution in [1.82, 2.24) is 0 Å². The first-order valence-electron chi connectivity index (χ1n) is 6.00. The van der Waals surface area contributed by atoms with Crippen molar-refractivity contribution in [2.45, 2.75) is 59.5 Å². The minimum atomic E-state index is 0.220. The van der Waals surface area contributed by atoms with Crippen molar-refractivity contribution in [2.75, 3.05) is 6.61 Å². The summed E-state index contributed by atoms with van der Waals surface area (Å²) < 4.78 is 5.78. The summed E-state index contributed by atoms with van der Waals surface area (Å²) in [6, 6.07) is 0. The zero-order valence-electron chi connectivity index (χ0n) is 10.5. The second-order valence-electron chi connectivity index (χ2n) is 5.86. The Kier molecular flexibility index (Phi) is 4.32. The maximum Gasteiger partial charge on any atom is 0.132 e. The minimum absolute atomic E-state index is 0.220. The van der Waals surface area contributed by atoms with Crippen molar-refractivity contribution in [2.24, 2.45) is 11.3 Å². The Labute approximate surface area is 93.4 Å². The predicted octanol–water partition coefficient (Wildman–Crippen LogP) is 3.20. The third-order valence-electron chi connectivity index (χ3n) is 3.15. The molecular formula is C13H24O2. The Morgan fingerprint density at radius 2 is 2.07 bits per heavy atom. The van der Waals surface area contributed by atoms with E-state index in [1.807, 2.05) is 0 Å². The summed E-state index contributed by atoms with van der Waals surface area (Å²) in [5.41, 5.74) is 0.401. The maximum absolute atomic E-state index is 10.8. The van der Waals surface area contributed by atoms with Gasteiger partial charge in [-0.25, -0.2) is 0 Å². The van der Waals surface area contributed by atoms with E-state index >= 15 is 0 Å². The van der Waals surface area contributed by atoms with Crippen LogP contribution in [0.1, 0.15) is 53.4 Å². The maximum atomic E-state index is 10.8. The fourth-order valence-electron chi connectivity index (χ4n) is 2.75. The molecule has 0 radical (unpaired) electrons. The second kappa shape index (κ2) is 5.11. The van der Waals surface area contributed by atoms with Crippen molar-refractivity contribution in [3.8, 4) is 0 Å². The van der Waals surface area contributed by atoms with Gasteiger partial charge in [-0.3, -0.25) is 4.79 Å². The van der Waals surface area contributed by atoms with Crippen LogP contribution in [-0.2, 0) is 9.53 Å². The number of Topliss-reactive ketones (excluding diaryl/α,β-unsaturated/α-hetero) is 1. The molecule has 0 bridgehead atoms. The molecule has 1 saturated carbocycles. The van der Waals surface area contributed by atoms with Crippen LogP contribution in [0.5, 0.6) is 0 Å². The third kappa shape index (κ3) is 4.78. The number of rotatable bonds is 4. The average molecular weight is 212 g/mol. The van der Waals surface area contributed by atoms with Gasteiger partial charge in [-0.1, -0.05) is 20.8 Å². The van der Waals surface area contributed by atoms with Crippen molar-refractivity contribution >= 4 is 5.78 Å². The summed E-state index contributed by atoms with van der Waals surface area (Å²) in [7, 11) is 0. The summed E-state index contributed by atoms with van der Waals surface area (Å²) in [6.07, 6.45) is 4.50. The summed E-state index contributed by atoms with van der Waals surface area (Å²) in [6.45, 7) is 9.13. The highest BCUT2D eigenvalue weighted by Crippen LogP contribution is 2.39. The molecule has 2 unspecified atom stereocenters. The first-order valence-corrected chi connectivity index (χ1v) is 6.00. The third-order valence-corrected chi connectivity index (χ3v) is 3.15. The molecule has 88 valence electrons. The molecule has 0 N–H and O–H groups in total. The van der Waals surface area contributed by atoms with Gasteiger partial charge in [-0.05, 0) is 37.5 Å². The van der Waals surface area contributed by atoms with Crippen LogP contribution in [0.4, 0.5) is 0 Å². The van der Waals surface area contributed by atoms with E-state index in [0.29, 0.717) is 24.5 Å². The summed E-state index contributed by atoms with van der Waals surface area (Å²) in [5, 5.41) is 0. The topological polar surface area (TPSA) is 26.3 Å². The second-order valence-corrected chi connectivity index (χ2v) is 5.86. The summed E-state index contributed by atoms with van der Waals surface area (Å²) in [4.78, 5) is 10.8. The van der Waals surface area contributed by atoms with Crippen LogP contribution >= 0.6 is 0 Å². The molecule has 0 aromatic carbocycles. The first kappa shape index (κ1) is 12.7. The number of ketones is 1. The van der Waals surface area contributed by atoms with E-state index in [2.05, 4.69) is 20.8 Å². The van der Waals surface area contributed by atoms with Crippen molar-refractivity contribution in [3.05, 3.63) is 0 Å². The largest absolute Gasteiger partial charge is 0.378 e. The highest BCUT2D eigenvalue weighted by Gasteiger charge is 2.32. The highest BCUT2D eigenvalue weighted by atomic mass is 16.5. The predicted molar refractivity (Wildman–Crippen MR) is 61.8 cm³/mol. The molecular weight excluding hydrogens is 188 g/mol. The standard InChI is InChI=1S/C13H24O2/c1-10-7-12(9-13(3,4)8-10)15-6-5-11(2)14/h10,12H,5-9H2,1-4H3. The number of ether oxygens (including phenoxy) is 1. The molecule has 2 heteroatoms. The zero-order chi connectivity index (χ0) is 11.5. The fraction of sp³-hybridized carbons (Fsp3) is 0.923. The molecule has 1 fully saturated rings. The van der Waals surface area contributed by atoms with Crippen molar-refractivity contribution in [1.29, 1.82) is 0 Å². The van der Waals surface area contributed by atoms with Crippen LogP contribution < -0.4 is 0 Å². The number of carbonyl (C=O) groups is 1. The molecule has 0 aliphatic heterocycles. The van der Waals surface area contributed by atoms with Crippen LogP contribution in [0.3, 0.4) is 0 Å². The molecule has 2 nitrogen and oxygen atoms in total. The smallest absolute Gasteiger partial charge is 0.132 e. The van der Waals surface area contributed by atoms with Gasteiger partial charge in [-0.2, -0.15) is 0 Å². The molecule has 1 rings (SSSR count). The van der Waals surface area contributed by atoms with E-state index in [4.69, 9.17) is 4.74 Å². The molecule has 0 aromatic heterocycles.